The van der Waals surface area contributed by atoms with Gasteiger partial charge in [0.25, 0.3) is 5.91 Å². The van der Waals surface area contributed by atoms with Crippen LogP contribution >= 0.6 is 0 Å². The van der Waals surface area contributed by atoms with Gasteiger partial charge in [0.05, 0.1) is 22.5 Å². The summed E-state index contributed by atoms with van der Waals surface area (Å²) >= 11 is 0. The molecule has 0 spiro atoms. The molecule has 0 unspecified atom stereocenters. The highest BCUT2D eigenvalue weighted by molar-refractivity contribution is 6.11. The van der Waals surface area contributed by atoms with Gasteiger partial charge in [-0.05, 0) is 72.6 Å². The third kappa shape index (κ3) is 8.15. The van der Waals surface area contributed by atoms with E-state index in [2.05, 4.69) is 16.0 Å². The van der Waals surface area contributed by atoms with E-state index in [0.717, 1.165) is 24.3 Å². The summed E-state index contributed by atoms with van der Waals surface area (Å²) in [5.41, 5.74) is 4.63. The van der Waals surface area contributed by atoms with Crippen LogP contribution in [0.25, 0.3) is 0 Å². The highest BCUT2D eigenvalue weighted by Gasteiger charge is 2.33. The number of hydrogen-bond donors (Lipinski definition) is 4. The van der Waals surface area contributed by atoms with E-state index in [1.54, 1.807) is 24.3 Å². The summed E-state index contributed by atoms with van der Waals surface area (Å²) in [4.78, 5) is 39.1. The second-order valence-electron chi connectivity index (χ2n) is 9.63. The van der Waals surface area contributed by atoms with Crippen LogP contribution in [0, 0.1) is 5.92 Å². The molecule has 0 bridgehead atoms. The molecule has 0 radical (unpaired) electrons. The van der Waals surface area contributed by atoms with E-state index < -0.39 is 47.1 Å². The second-order valence-corrected chi connectivity index (χ2v) is 9.63. The minimum atomic E-state index is -4.69. The molecule has 0 saturated heterocycles. The molecule has 13 heteroatoms. The molecule has 3 amide bonds. The molecule has 0 fully saturated rings. The van der Waals surface area contributed by atoms with Gasteiger partial charge in [0.15, 0.2) is 0 Å². The van der Waals surface area contributed by atoms with E-state index in [0.29, 0.717) is 29.1 Å². The van der Waals surface area contributed by atoms with Crippen molar-refractivity contribution in [3.8, 4) is 0 Å². The Bertz CT molecular complexity index is 1600. The maximum Gasteiger partial charge on any atom is 0.416 e. The van der Waals surface area contributed by atoms with Crippen LogP contribution in [0.4, 0.5) is 49.1 Å². The van der Waals surface area contributed by atoms with Crippen LogP contribution in [0.5, 0.6) is 0 Å². The summed E-state index contributed by atoms with van der Waals surface area (Å²) < 4.78 is 79.1. The lowest BCUT2D eigenvalue weighted by Gasteiger charge is -2.18. The SMILES string of the molecule is Nc1ccccc1NC(=O)c1ccc(CC(C(=O)Nc2cccc(C(F)(F)F)c2)C(=O)Nc2cccc(C(F)(F)F)c2)cc1. The first-order valence-electron chi connectivity index (χ1n) is 12.9. The molecule has 0 aromatic heterocycles. The summed E-state index contributed by atoms with van der Waals surface area (Å²) in [7, 11) is 0. The number of benzene rings is 4. The summed E-state index contributed by atoms with van der Waals surface area (Å²) in [6.45, 7) is 0. The number of para-hydroxylation sites is 2. The molecule has 0 aliphatic heterocycles. The van der Waals surface area contributed by atoms with Crippen molar-refractivity contribution in [2.24, 2.45) is 5.92 Å². The van der Waals surface area contributed by atoms with E-state index >= 15 is 0 Å². The lowest BCUT2D eigenvalue weighted by Crippen LogP contribution is -2.35. The molecule has 4 rings (SSSR count). The number of alkyl halides is 6. The van der Waals surface area contributed by atoms with Gasteiger partial charge in [-0.3, -0.25) is 14.4 Å². The number of amides is 3. The number of nitrogen functional groups attached to an aromatic ring is 1. The smallest absolute Gasteiger partial charge is 0.397 e. The van der Waals surface area contributed by atoms with Gasteiger partial charge in [-0.2, -0.15) is 26.3 Å². The molecular weight excluding hydrogens is 590 g/mol. The van der Waals surface area contributed by atoms with Gasteiger partial charge in [-0.25, -0.2) is 0 Å². The first-order chi connectivity index (χ1) is 20.7. The van der Waals surface area contributed by atoms with Crippen LogP contribution in [0.1, 0.15) is 27.0 Å². The first-order valence-corrected chi connectivity index (χ1v) is 12.9. The third-order valence-corrected chi connectivity index (χ3v) is 6.41. The normalized spacial score (nSPS) is 11.6. The third-order valence-electron chi connectivity index (χ3n) is 6.41. The van der Waals surface area contributed by atoms with Crippen molar-refractivity contribution in [1.29, 1.82) is 0 Å². The Hall–Kier alpha value is -5.33. The van der Waals surface area contributed by atoms with Crippen molar-refractivity contribution in [3.63, 3.8) is 0 Å². The van der Waals surface area contributed by atoms with Gasteiger partial charge in [0.1, 0.15) is 5.92 Å². The maximum atomic E-state index is 13.2. The van der Waals surface area contributed by atoms with E-state index in [4.69, 9.17) is 5.73 Å². The van der Waals surface area contributed by atoms with Crippen molar-refractivity contribution < 1.29 is 40.7 Å². The zero-order valence-corrected chi connectivity index (χ0v) is 22.6. The minimum absolute atomic E-state index is 0.218. The van der Waals surface area contributed by atoms with Crippen LogP contribution in [0.15, 0.2) is 97.1 Å². The zero-order valence-electron chi connectivity index (χ0n) is 22.6. The number of carbonyl (C=O) groups is 3. The van der Waals surface area contributed by atoms with Gasteiger partial charge >= 0.3 is 12.4 Å². The average Bonchev–Trinajstić information content (AvgIpc) is 2.96. The Morgan fingerprint density at radius 3 is 1.61 bits per heavy atom. The Morgan fingerprint density at radius 1 is 0.636 bits per heavy atom. The largest absolute Gasteiger partial charge is 0.416 e. The number of carbonyl (C=O) groups excluding carboxylic acids is 3. The van der Waals surface area contributed by atoms with E-state index in [1.807, 2.05) is 0 Å². The Morgan fingerprint density at radius 2 is 1.14 bits per heavy atom. The number of nitrogens with one attached hydrogen (secondary N) is 3. The Labute approximate surface area is 247 Å². The summed E-state index contributed by atoms with van der Waals surface area (Å²) in [6, 6.07) is 19.9. The summed E-state index contributed by atoms with van der Waals surface area (Å²) in [5.74, 6) is -4.09. The van der Waals surface area contributed by atoms with Gasteiger partial charge < -0.3 is 21.7 Å². The Balaban J connectivity index is 1.57. The van der Waals surface area contributed by atoms with Gasteiger partial charge in [-0.15, -0.1) is 0 Å². The molecule has 0 aliphatic carbocycles. The molecule has 5 N–H and O–H groups in total. The van der Waals surface area contributed by atoms with Gasteiger partial charge in [0, 0.05) is 16.9 Å². The molecule has 4 aromatic carbocycles. The average molecular weight is 615 g/mol. The highest BCUT2D eigenvalue weighted by Crippen LogP contribution is 2.32. The van der Waals surface area contributed by atoms with Crippen molar-refractivity contribution in [2.45, 2.75) is 18.8 Å². The van der Waals surface area contributed by atoms with Crippen LogP contribution in [-0.2, 0) is 28.4 Å². The number of hydrogen-bond acceptors (Lipinski definition) is 4. The maximum absolute atomic E-state index is 13.2. The van der Waals surface area contributed by atoms with Gasteiger partial charge in [-0.1, -0.05) is 36.4 Å². The van der Waals surface area contributed by atoms with Crippen molar-refractivity contribution in [3.05, 3.63) is 119 Å². The van der Waals surface area contributed by atoms with Crippen LogP contribution in [0.2, 0.25) is 0 Å². The lowest BCUT2D eigenvalue weighted by molar-refractivity contribution is -0.138. The standard InChI is InChI=1S/C31H24F6N4O3/c32-30(33,34)20-5-3-7-22(16-20)39-28(43)24(29(44)40-23-8-4-6-21(17-23)31(35,36)37)15-18-11-13-19(14-12-18)27(42)41-26-10-2-1-9-25(26)38/h1-14,16-17,24H,15,38H2,(H,39,43)(H,40,44)(H,41,42). The number of anilines is 4. The molecule has 228 valence electrons. The molecule has 44 heavy (non-hydrogen) atoms. The second kappa shape index (κ2) is 12.9. The molecule has 0 saturated carbocycles. The zero-order chi connectivity index (χ0) is 32.1. The first kappa shape index (κ1) is 31.6. The fourth-order valence-corrected chi connectivity index (χ4v) is 4.14. The molecule has 4 aromatic rings. The van der Waals surface area contributed by atoms with Crippen molar-refractivity contribution in [1.82, 2.24) is 0 Å². The van der Waals surface area contributed by atoms with Crippen LogP contribution < -0.4 is 21.7 Å². The van der Waals surface area contributed by atoms with Crippen molar-refractivity contribution in [2.75, 3.05) is 21.7 Å². The monoisotopic (exact) mass is 614 g/mol. The fourth-order valence-electron chi connectivity index (χ4n) is 4.14. The number of halogens is 6. The molecule has 0 heterocycles. The molecule has 7 nitrogen and oxygen atoms in total. The lowest BCUT2D eigenvalue weighted by atomic mass is 9.96. The van der Waals surface area contributed by atoms with Crippen LogP contribution in [-0.4, -0.2) is 17.7 Å². The summed E-state index contributed by atoms with van der Waals surface area (Å²) in [6.07, 6.45) is -9.69. The van der Waals surface area contributed by atoms with E-state index in [-0.39, 0.29) is 23.4 Å². The van der Waals surface area contributed by atoms with Gasteiger partial charge in [0.2, 0.25) is 11.8 Å². The minimum Gasteiger partial charge on any atom is -0.397 e. The molecule has 0 atom stereocenters. The Kier molecular flexibility index (Phi) is 9.26. The summed E-state index contributed by atoms with van der Waals surface area (Å²) in [5, 5.41) is 7.22. The number of rotatable bonds is 8. The highest BCUT2D eigenvalue weighted by atomic mass is 19.4. The van der Waals surface area contributed by atoms with Crippen molar-refractivity contribution >= 4 is 40.5 Å². The quantitative estimate of drug-likeness (QED) is 0.0973. The fraction of sp³-hybridized carbons (Fsp3) is 0.129. The van der Waals surface area contributed by atoms with Crippen LogP contribution in [0.3, 0.4) is 0 Å². The molecular formula is C31H24F6N4O3. The van der Waals surface area contributed by atoms with E-state index in [1.165, 1.54) is 36.4 Å². The topological polar surface area (TPSA) is 113 Å². The predicted molar refractivity (Wildman–Crippen MR) is 153 cm³/mol. The molecule has 0 aliphatic rings. The number of nitrogens with two attached hydrogens (primary N) is 1. The van der Waals surface area contributed by atoms with E-state index in [9.17, 15) is 40.7 Å². The predicted octanol–water partition coefficient (Wildman–Crippen LogP) is 6.99.